The maximum Gasteiger partial charge on any atom is 0.317 e. The monoisotopic (exact) mass is 360 g/mol. The van der Waals surface area contributed by atoms with Crippen LogP contribution in [0.1, 0.15) is 30.5 Å². The lowest BCUT2D eigenvalue weighted by Crippen LogP contribution is -2.39. The Morgan fingerprint density at radius 1 is 1.50 bits per heavy atom. The number of amides is 2. The van der Waals surface area contributed by atoms with Crippen LogP contribution in [0.2, 0.25) is 0 Å². The number of benzene rings is 1. The van der Waals surface area contributed by atoms with Gasteiger partial charge >= 0.3 is 6.03 Å². The molecule has 1 saturated heterocycles. The lowest BCUT2D eigenvalue weighted by atomic mass is 10.0. The first-order valence-electron chi connectivity index (χ1n) is 8.82. The van der Waals surface area contributed by atoms with Gasteiger partial charge < -0.3 is 15.0 Å². The quantitative estimate of drug-likeness (QED) is 0.892. The van der Waals surface area contributed by atoms with Crippen LogP contribution in [-0.2, 0) is 13.5 Å². The second-order valence-electron chi connectivity index (χ2n) is 6.89. The number of hydrogen-bond donors (Lipinski definition) is 1. The summed E-state index contributed by atoms with van der Waals surface area (Å²) in [6.07, 6.45) is 5.80. The number of rotatable bonds is 5. The summed E-state index contributed by atoms with van der Waals surface area (Å²) >= 11 is 0. The first-order chi connectivity index (χ1) is 12.5. The molecule has 1 N–H and O–H groups in total. The molecule has 6 nitrogen and oxygen atoms in total. The third kappa shape index (κ3) is 4.15. The molecule has 2 atom stereocenters. The van der Waals surface area contributed by atoms with Gasteiger partial charge in [0.15, 0.2) is 11.6 Å². The number of carbonyl (C=O) groups is 1. The maximum atomic E-state index is 13.9. The zero-order valence-electron chi connectivity index (χ0n) is 15.4. The Morgan fingerprint density at radius 2 is 2.31 bits per heavy atom. The van der Waals surface area contributed by atoms with Crippen molar-refractivity contribution in [2.75, 3.05) is 20.2 Å². The standard InChI is InChI=1S/C19H25FN4O2/c1-13(16-4-5-18(26-3)17(20)9-16)22-19(25)24-7-6-14(12-24)8-15-10-21-23(2)11-15/h4-5,9-11,13-14H,6-8,12H2,1-3H3,(H,22,25). The predicted molar refractivity (Wildman–Crippen MR) is 96.5 cm³/mol. The summed E-state index contributed by atoms with van der Waals surface area (Å²) in [5.74, 6) is 0.215. The third-order valence-electron chi connectivity index (χ3n) is 4.87. The number of halogens is 1. The van der Waals surface area contributed by atoms with Gasteiger partial charge in [0.25, 0.3) is 0 Å². The first-order valence-corrected chi connectivity index (χ1v) is 8.82. The minimum Gasteiger partial charge on any atom is -0.494 e. The highest BCUT2D eigenvalue weighted by atomic mass is 19.1. The second kappa shape index (κ2) is 7.76. The molecule has 1 aliphatic heterocycles. The van der Waals surface area contributed by atoms with Crippen LogP contribution >= 0.6 is 0 Å². The van der Waals surface area contributed by atoms with Crippen molar-refractivity contribution in [1.29, 1.82) is 0 Å². The summed E-state index contributed by atoms with van der Waals surface area (Å²) in [5.41, 5.74) is 1.91. The van der Waals surface area contributed by atoms with Crippen LogP contribution < -0.4 is 10.1 Å². The van der Waals surface area contributed by atoms with Crippen molar-refractivity contribution in [2.24, 2.45) is 13.0 Å². The summed E-state index contributed by atoms with van der Waals surface area (Å²) in [6, 6.07) is 4.36. The summed E-state index contributed by atoms with van der Waals surface area (Å²) in [6.45, 7) is 3.31. The van der Waals surface area contributed by atoms with Crippen molar-refractivity contribution in [3.05, 3.63) is 47.5 Å². The van der Waals surface area contributed by atoms with Crippen LogP contribution in [0.15, 0.2) is 30.6 Å². The topological polar surface area (TPSA) is 59.4 Å². The number of aromatic nitrogens is 2. The Balaban J connectivity index is 1.54. The average molecular weight is 360 g/mol. The number of ether oxygens (including phenoxy) is 1. The van der Waals surface area contributed by atoms with Crippen molar-refractivity contribution >= 4 is 6.03 Å². The predicted octanol–water partition coefficient (Wildman–Crippen LogP) is 2.90. The van der Waals surface area contributed by atoms with Crippen LogP contribution in [0, 0.1) is 11.7 Å². The Labute approximate surface area is 152 Å². The summed E-state index contributed by atoms with van der Waals surface area (Å²) in [4.78, 5) is 14.3. The molecule has 1 fully saturated rings. The summed E-state index contributed by atoms with van der Waals surface area (Å²) < 4.78 is 20.6. The van der Waals surface area contributed by atoms with Crippen molar-refractivity contribution < 1.29 is 13.9 Å². The molecular formula is C19H25FN4O2. The number of nitrogens with zero attached hydrogens (tertiary/aromatic N) is 3. The SMILES string of the molecule is COc1ccc(C(C)NC(=O)N2CCC(Cc3cnn(C)c3)C2)cc1F. The molecule has 26 heavy (non-hydrogen) atoms. The molecular weight excluding hydrogens is 335 g/mol. The number of hydrogen-bond acceptors (Lipinski definition) is 3. The Hall–Kier alpha value is -2.57. The van der Waals surface area contributed by atoms with Gasteiger partial charge in [-0.2, -0.15) is 5.10 Å². The van der Waals surface area contributed by atoms with E-state index in [9.17, 15) is 9.18 Å². The molecule has 2 unspecified atom stereocenters. The molecule has 2 aromatic rings. The van der Waals surface area contributed by atoms with E-state index in [1.807, 2.05) is 31.3 Å². The van der Waals surface area contributed by atoms with E-state index in [0.717, 1.165) is 25.9 Å². The van der Waals surface area contributed by atoms with E-state index in [4.69, 9.17) is 4.74 Å². The minimum absolute atomic E-state index is 0.109. The van der Waals surface area contributed by atoms with Gasteiger partial charge in [0, 0.05) is 26.3 Å². The normalized spacial score (nSPS) is 18.0. The van der Waals surface area contributed by atoms with Crippen molar-refractivity contribution in [3.8, 4) is 5.75 Å². The summed E-state index contributed by atoms with van der Waals surface area (Å²) in [7, 11) is 3.33. The largest absolute Gasteiger partial charge is 0.494 e. The van der Waals surface area contributed by atoms with Crippen LogP contribution in [0.3, 0.4) is 0 Å². The second-order valence-corrected chi connectivity index (χ2v) is 6.89. The minimum atomic E-state index is -0.427. The van der Waals surface area contributed by atoms with Crippen molar-refractivity contribution in [3.63, 3.8) is 0 Å². The number of likely N-dealkylation sites (tertiary alicyclic amines) is 1. The Kier molecular flexibility index (Phi) is 5.44. The molecule has 1 aromatic carbocycles. The van der Waals surface area contributed by atoms with Crippen molar-refractivity contribution in [1.82, 2.24) is 20.0 Å². The molecule has 0 aliphatic carbocycles. The molecule has 3 rings (SSSR count). The Bertz CT molecular complexity index is 777. The highest BCUT2D eigenvalue weighted by molar-refractivity contribution is 5.75. The van der Waals surface area contributed by atoms with Crippen LogP contribution in [-0.4, -0.2) is 40.9 Å². The molecule has 2 heterocycles. The number of methoxy groups -OCH3 is 1. The molecule has 0 bridgehead atoms. The fourth-order valence-electron chi connectivity index (χ4n) is 3.41. The van der Waals surface area contributed by atoms with E-state index >= 15 is 0 Å². The Morgan fingerprint density at radius 3 is 2.96 bits per heavy atom. The van der Waals surface area contributed by atoms with E-state index in [2.05, 4.69) is 10.4 Å². The van der Waals surface area contributed by atoms with Gasteiger partial charge in [-0.3, -0.25) is 4.68 Å². The van der Waals surface area contributed by atoms with Gasteiger partial charge in [0.05, 0.1) is 19.3 Å². The van der Waals surface area contributed by atoms with E-state index < -0.39 is 5.82 Å². The van der Waals surface area contributed by atoms with Crippen LogP contribution in [0.4, 0.5) is 9.18 Å². The lowest BCUT2D eigenvalue weighted by molar-refractivity contribution is 0.203. The zero-order valence-corrected chi connectivity index (χ0v) is 15.4. The number of nitrogens with one attached hydrogen (secondary N) is 1. The molecule has 140 valence electrons. The van der Waals surface area contributed by atoms with Gasteiger partial charge in [0.1, 0.15) is 0 Å². The fourth-order valence-corrected chi connectivity index (χ4v) is 3.41. The lowest BCUT2D eigenvalue weighted by Gasteiger charge is -2.21. The first kappa shape index (κ1) is 18.2. The highest BCUT2D eigenvalue weighted by Crippen LogP contribution is 2.24. The van der Waals surface area contributed by atoms with Gasteiger partial charge in [-0.15, -0.1) is 0 Å². The van der Waals surface area contributed by atoms with Gasteiger partial charge in [-0.25, -0.2) is 9.18 Å². The van der Waals surface area contributed by atoms with E-state index in [-0.39, 0.29) is 17.8 Å². The molecule has 2 amide bonds. The van der Waals surface area contributed by atoms with E-state index in [1.54, 1.807) is 16.8 Å². The number of aryl methyl sites for hydroxylation is 1. The highest BCUT2D eigenvalue weighted by Gasteiger charge is 2.27. The molecule has 0 saturated carbocycles. The number of carbonyl (C=O) groups excluding carboxylic acids is 1. The third-order valence-corrected chi connectivity index (χ3v) is 4.87. The smallest absolute Gasteiger partial charge is 0.317 e. The van der Waals surface area contributed by atoms with E-state index in [0.29, 0.717) is 11.5 Å². The maximum absolute atomic E-state index is 13.9. The zero-order chi connectivity index (χ0) is 18.7. The van der Waals surface area contributed by atoms with Crippen molar-refractivity contribution in [2.45, 2.75) is 25.8 Å². The van der Waals surface area contributed by atoms with Crippen LogP contribution in [0.25, 0.3) is 0 Å². The molecule has 0 radical (unpaired) electrons. The van der Waals surface area contributed by atoms with Gasteiger partial charge in [-0.1, -0.05) is 6.07 Å². The van der Waals surface area contributed by atoms with Gasteiger partial charge in [-0.05, 0) is 48.9 Å². The summed E-state index contributed by atoms with van der Waals surface area (Å²) in [5, 5.41) is 7.14. The molecule has 1 aliphatic rings. The molecule has 7 heteroatoms. The van der Waals surface area contributed by atoms with Crippen LogP contribution in [0.5, 0.6) is 5.75 Å². The molecule has 1 aromatic heterocycles. The van der Waals surface area contributed by atoms with Gasteiger partial charge in [0.2, 0.25) is 0 Å². The average Bonchev–Trinajstić information content (AvgIpc) is 3.24. The fraction of sp³-hybridized carbons (Fsp3) is 0.474. The molecule has 0 spiro atoms. The number of urea groups is 1. The van der Waals surface area contributed by atoms with E-state index in [1.165, 1.54) is 18.7 Å².